The number of hydrogen-bond donors (Lipinski definition) is 3. The van der Waals surface area contributed by atoms with E-state index in [1.54, 1.807) is 7.05 Å². The number of nitrogens with two attached hydrogens (primary N) is 1. The van der Waals surface area contributed by atoms with Crippen molar-refractivity contribution in [1.82, 2.24) is 15.6 Å². The van der Waals surface area contributed by atoms with Crippen molar-refractivity contribution in [2.75, 3.05) is 20.1 Å². The summed E-state index contributed by atoms with van der Waals surface area (Å²) in [4.78, 5) is 25.3. The molecule has 1 aromatic heterocycles. The van der Waals surface area contributed by atoms with Crippen LogP contribution in [0.1, 0.15) is 34.7 Å². The van der Waals surface area contributed by atoms with Crippen molar-refractivity contribution in [2.45, 2.75) is 26.3 Å². The Morgan fingerprint density at radius 2 is 2.10 bits per heavy atom. The number of furan rings is 1. The van der Waals surface area contributed by atoms with Crippen LogP contribution in [0, 0.1) is 12.8 Å². The maximum Gasteiger partial charge on any atom is 0.301 e. The van der Waals surface area contributed by atoms with Gasteiger partial charge in [0.25, 0.3) is 0 Å². The monoisotopic (exact) mass is 294 g/mol. The van der Waals surface area contributed by atoms with E-state index in [-0.39, 0.29) is 17.6 Å². The number of piperidine rings is 1. The summed E-state index contributed by atoms with van der Waals surface area (Å²) in [6.07, 6.45) is 1.69. The fourth-order valence-corrected chi connectivity index (χ4v) is 2.69. The molecule has 2 amide bonds. The average molecular weight is 294 g/mol. The minimum absolute atomic E-state index is 0.100. The Morgan fingerprint density at radius 1 is 1.43 bits per heavy atom. The molecule has 1 fully saturated rings. The molecule has 0 aromatic carbocycles. The van der Waals surface area contributed by atoms with E-state index in [0.29, 0.717) is 6.54 Å². The van der Waals surface area contributed by atoms with Gasteiger partial charge in [0, 0.05) is 18.5 Å². The zero-order valence-electron chi connectivity index (χ0n) is 12.4. The van der Waals surface area contributed by atoms with Gasteiger partial charge in [0.15, 0.2) is 5.76 Å². The quantitative estimate of drug-likeness (QED) is 0.417. The van der Waals surface area contributed by atoms with Crippen molar-refractivity contribution in [3.05, 3.63) is 23.2 Å². The number of amides is 2. The molecule has 0 saturated carbocycles. The van der Waals surface area contributed by atoms with Crippen molar-refractivity contribution >= 4 is 11.8 Å². The topological polar surface area (TPSA) is 101 Å². The number of nitrogen functional groups attached to an aromatic ring is 1. The molecular weight excluding hydrogens is 272 g/mol. The van der Waals surface area contributed by atoms with Gasteiger partial charge in [-0.3, -0.25) is 19.9 Å². The lowest BCUT2D eigenvalue weighted by atomic mass is 9.96. The van der Waals surface area contributed by atoms with Gasteiger partial charge in [0.1, 0.15) is 5.76 Å². The van der Waals surface area contributed by atoms with Crippen molar-refractivity contribution in [3.8, 4) is 0 Å². The van der Waals surface area contributed by atoms with Crippen LogP contribution in [0.4, 0.5) is 0 Å². The van der Waals surface area contributed by atoms with Crippen LogP contribution in [0.2, 0.25) is 0 Å². The van der Waals surface area contributed by atoms with Crippen LogP contribution >= 0.6 is 0 Å². The minimum atomic E-state index is -0.419. The predicted molar refractivity (Wildman–Crippen MR) is 77.2 cm³/mol. The highest BCUT2D eigenvalue weighted by Crippen LogP contribution is 2.21. The highest BCUT2D eigenvalue weighted by Gasteiger charge is 2.25. The zero-order chi connectivity index (χ0) is 15.4. The Labute approximate surface area is 123 Å². The molecule has 0 aliphatic carbocycles. The summed E-state index contributed by atoms with van der Waals surface area (Å²) in [5.74, 6) is 5.91. The largest absolute Gasteiger partial charge is 0.454 e. The van der Waals surface area contributed by atoms with E-state index in [2.05, 4.69) is 15.6 Å². The molecule has 1 aliphatic heterocycles. The fourth-order valence-electron chi connectivity index (χ4n) is 2.69. The average Bonchev–Trinajstić information content (AvgIpc) is 2.87. The van der Waals surface area contributed by atoms with E-state index >= 15 is 0 Å². The van der Waals surface area contributed by atoms with E-state index in [4.69, 9.17) is 10.3 Å². The van der Waals surface area contributed by atoms with Gasteiger partial charge in [-0.25, -0.2) is 5.84 Å². The Hall–Kier alpha value is -1.86. The number of carbonyl (C=O) groups is 2. The summed E-state index contributed by atoms with van der Waals surface area (Å²) >= 11 is 0. The van der Waals surface area contributed by atoms with Gasteiger partial charge in [0.05, 0.1) is 6.54 Å². The highest BCUT2D eigenvalue weighted by molar-refractivity contribution is 5.92. The van der Waals surface area contributed by atoms with Gasteiger partial charge < -0.3 is 9.73 Å². The molecule has 0 unspecified atom stereocenters. The van der Waals surface area contributed by atoms with Gasteiger partial charge in [0.2, 0.25) is 5.91 Å². The lowest BCUT2D eigenvalue weighted by molar-refractivity contribution is -0.125. The SMILES string of the molecule is CNC(=O)C1CCN(Cc2cc(C)c(C(=O)NN)o2)CC1. The second kappa shape index (κ2) is 6.73. The molecule has 1 aliphatic rings. The van der Waals surface area contributed by atoms with Gasteiger partial charge in [-0.15, -0.1) is 0 Å². The summed E-state index contributed by atoms with van der Waals surface area (Å²) in [7, 11) is 1.67. The first-order chi connectivity index (χ1) is 10.0. The third-order valence-corrected chi connectivity index (χ3v) is 3.89. The van der Waals surface area contributed by atoms with Crippen LogP contribution in [0.3, 0.4) is 0 Å². The Morgan fingerprint density at radius 3 is 2.67 bits per heavy atom. The van der Waals surface area contributed by atoms with E-state index in [0.717, 1.165) is 37.3 Å². The Kier molecular flexibility index (Phi) is 4.98. The van der Waals surface area contributed by atoms with Crippen LogP contribution in [0.15, 0.2) is 10.5 Å². The van der Waals surface area contributed by atoms with Crippen LogP contribution in [0.5, 0.6) is 0 Å². The van der Waals surface area contributed by atoms with E-state index < -0.39 is 5.91 Å². The van der Waals surface area contributed by atoms with Crippen LogP contribution in [-0.4, -0.2) is 36.9 Å². The lowest BCUT2D eigenvalue weighted by Crippen LogP contribution is -2.39. The predicted octanol–water partition coefficient (Wildman–Crippen LogP) is 0.150. The molecule has 116 valence electrons. The summed E-state index contributed by atoms with van der Waals surface area (Å²) < 4.78 is 5.55. The second-order valence-corrected chi connectivity index (χ2v) is 5.36. The maximum absolute atomic E-state index is 11.6. The standard InChI is InChI=1S/C14H22N4O3/c1-9-7-11(21-12(9)14(20)17-15)8-18-5-3-10(4-6-18)13(19)16-2/h7,10H,3-6,8,15H2,1-2H3,(H,16,19)(H,17,20). The van der Waals surface area contributed by atoms with Crippen LogP contribution in [0.25, 0.3) is 0 Å². The molecule has 0 atom stereocenters. The fraction of sp³-hybridized carbons (Fsp3) is 0.571. The molecule has 2 rings (SSSR count). The number of nitrogens with one attached hydrogen (secondary N) is 2. The van der Waals surface area contributed by atoms with Crippen molar-refractivity contribution in [2.24, 2.45) is 11.8 Å². The minimum Gasteiger partial charge on any atom is -0.454 e. The lowest BCUT2D eigenvalue weighted by Gasteiger charge is -2.30. The molecule has 21 heavy (non-hydrogen) atoms. The van der Waals surface area contributed by atoms with Gasteiger partial charge in [-0.2, -0.15) is 0 Å². The van der Waals surface area contributed by atoms with Crippen LogP contribution in [-0.2, 0) is 11.3 Å². The number of aryl methyl sites for hydroxylation is 1. The molecular formula is C14H22N4O3. The Bertz CT molecular complexity index is 518. The highest BCUT2D eigenvalue weighted by atomic mass is 16.4. The number of likely N-dealkylation sites (tertiary alicyclic amines) is 1. The molecule has 1 aromatic rings. The number of carbonyl (C=O) groups excluding carboxylic acids is 2. The number of hydrogen-bond acceptors (Lipinski definition) is 5. The summed E-state index contributed by atoms with van der Waals surface area (Å²) in [6, 6.07) is 1.86. The second-order valence-electron chi connectivity index (χ2n) is 5.36. The molecule has 2 heterocycles. The maximum atomic E-state index is 11.6. The molecule has 0 spiro atoms. The molecule has 0 bridgehead atoms. The molecule has 0 radical (unpaired) electrons. The first-order valence-corrected chi connectivity index (χ1v) is 7.09. The first-order valence-electron chi connectivity index (χ1n) is 7.09. The Balaban J connectivity index is 1.92. The number of nitrogens with zero attached hydrogens (tertiary/aromatic N) is 1. The number of rotatable bonds is 4. The van der Waals surface area contributed by atoms with Crippen molar-refractivity contribution in [3.63, 3.8) is 0 Å². The van der Waals surface area contributed by atoms with Gasteiger partial charge in [-0.1, -0.05) is 0 Å². The zero-order valence-corrected chi connectivity index (χ0v) is 12.4. The summed E-state index contributed by atoms with van der Waals surface area (Å²) in [5.41, 5.74) is 2.84. The van der Waals surface area contributed by atoms with Crippen molar-refractivity contribution < 1.29 is 14.0 Å². The summed E-state index contributed by atoms with van der Waals surface area (Å²) in [6.45, 7) is 4.14. The van der Waals surface area contributed by atoms with Gasteiger partial charge in [-0.05, 0) is 38.9 Å². The summed E-state index contributed by atoms with van der Waals surface area (Å²) in [5, 5.41) is 2.70. The molecule has 7 heteroatoms. The smallest absolute Gasteiger partial charge is 0.301 e. The number of hydrazine groups is 1. The van der Waals surface area contributed by atoms with Crippen LogP contribution < -0.4 is 16.6 Å². The third kappa shape index (κ3) is 3.62. The van der Waals surface area contributed by atoms with Crippen molar-refractivity contribution in [1.29, 1.82) is 0 Å². The van der Waals surface area contributed by atoms with E-state index in [1.807, 2.05) is 13.0 Å². The molecule has 1 saturated heterocycles. The molecule has 4 N–H and O–H groups in total. The van der Waals surface area contributed by atoms with E-state index in [1.165, 1.54) is 0 Å². The first kappa shape index (κ1) is 15.5. The molecule has 7 nitrogen and oxygen atoms in total. The normalized spacial score (nSPS) is 16.7. The van der Waals surface area contributed by atoms with Gasteiger partial charge >= 0.3 is 5.91 Å². The van der Waals surface area contributed by atoms with E-state index in [9.17, 15) is 9.59 Å². The third-order valence-electron chi connectivity index (χ3n) is 3.89.